The van der Waals surface area contributed by atoms with Gasteiger partial charge in [-0.15, -0.1) is 0 Å². The van der Waals surface area contributed by atoms with Crippen LogP contribution in [0.1, 0.15) is 19.3 Å². The molecule has 3 nitrogen and oxygen atoms in total. The molecule has 1 aromatic rings. The summed E-state index contributed by atoms with van der Waals surface area (Å²) in [6, 6.07) is 5.27. The first-order chi connectivity index (χ1) is 9.58. The van der Waals surface area contributed by atoms with E-state index in [1.165, 1.54) is 4.90 Å². The molecule has 4 atom stereocenters. The van der Waals surface area contributed by atoms with E-state index in [9.17, 15) is 9.59 Å². The third kappa shape index (κ3) is 1.58. The van der Waals surface area contributed by atoms with E-state index in [1.54, 1.807) is 12.1 Å². The van der Waals surface area contributed by atoms with Crippen LogP contribution in [0.4, 0.5) is 5.69 Å². The summed E-state index contributed by atoms with van der Waals surface area (Å²) in [6.45, 7) is 0. The summed E-state index contributed by atoms with van der Waals surface area (Å²) in [6.07, 6.45) is 3.23. The highest BCUT2D eigenvalue weighted by Crippen LogP contribution is 2.57. The van der Waals surface area contributed by atoms with Gasteiger partial charge in [0.15, 0.2) is 0 Å². The smallest absolute Gasteiger partial charge is 0.238 e. The molecule has 1 saturated heterocycles. The lowest BCUT2D eigenvalue weighted by atomic mass is 9.81. The number of imide groups is 1. The first-order valence-corrected chi connectivity index (χ1v) is 8.08. The van der Waals surface area contributed by atoms with Gasteiger partial charge in [0.25, 0.3) is 0 Å². The maximum absolute atomic E-state index is 12.7. The molecule has 0 aromatic heterocycles. The topological polar surface area (TPSA) is 37.4 Å². The van der Waals surface area contributed by atoms with E-state index >= 15 is 0 Å². The lowest BCUT2D eigenvalue weighted by Crippen LogP contribution is -2.32. The number of anilines is 1. The Bertz CT molecular complexity index is 604. The molecular formula is C15H13BrClNO2. The summed E-state index contributed by atoms with van der Waals surface area (Å²) in [5.74, 6) is 0.524. The monoisotopic (exact) mass is 353 g/mol. The van der Waals surface area contributed by atoms with Crippen molar-refractivity contribution < 1.29 is 9.59 Å². The Hall–Kier alpha value is -0.870. The molecule has 0 unspecified atom stereocenters. The molecule has 0 radical (unpaired) electrons. The molecule has 3 aliphatic rings. The number of nitrogens with zero attached hydrogens (tertiary/aromatic N) is 1. The summed E-state index contributed by atoms with van der Waals surface area (Å²) >= 11 is 9.55. The highest BCUT2D eigenvalue weighted by Gasteiger charge is 2.61. The van der Waals surface area contributed by atoms with E-state index in [0.29, 0.717) is 22.5 Å². The van der Waals surface area contributed by atoms with Gasteiger partial charge >= 0.3 is 0 Å². The first kappa shape index (κ1) is 12.8. The van der Waals surface area contributed by atoms with Gasteiger partial charge in [-0.2, -0.15) is 0 Å². The number of carbonyl (C=O) groups is 2. The van der Waals surface area contributed by atoms with Crippen LogP contribution in [-0.4, -0.2) is 11.8 Å². The van der Waals surface area contributed by atoms with E-state index < -0.39 is 0 Å². The maximum atomic E-state index is 12.7. The van der Waals surface area contributed by atoms with Crippen molar-refractivity contribution >= 4 is 45.0 Å². The third-order valence-electron chi connectivity index (χ3n) is 5.08. The fourth-order valence-corrected chi connectivity index (χ4v) is 5.07. The van der Waals surface area contributed by atoms with Crippen LogP contribution in [-0.2, 0) is 9.59 Å². The van der Waals surface area contributed by atoms with Crippen LogP contribution >= 0.6 is 27.5 Å². The van der Waals surface area contributed by atoms with Crippen molar-refractivity contribution in [1.82, 2.24) is 0 Å². The summed E-state index contributed by atoms with van der Waals surface area (Å²) < 4.78 is 0.839. The Morgan fingerprint density at radius 2 is 1.70 bits per heavy atom. The van der Waals surface area contributed by atoms with Gasteiger partial charge < -0.3 is 0 Å². The van der Waals surface area contributed by atoms with E-state index in [1.807, 2.05) is 6.07 Å². The first-order valence-electron chi connectivity index (χ1n) is 6.91. The Balaban J connectivity index is 1.77. The number of benzene rings is 1. The molecule has 20 heavy (non-hydrogen) atoms. The van der Waals surface area contributed by atoms with Gasteiger partial charge in [0.1, 0.15) is 0 Å². The van der Waals surface area contributed by atoms with E-state index in [-0.39, 0.29) is 23.7 Å². The Labute approximate surface area is 130 Å². The highest BCUT2D eigenvalue weighted by molar-refractivity contribution is 9.10. The average molecular weight is 355 g/mol. The summed E-state index contributed by atoms with van der Waals surface area (Å²) in [5, 5.41) is 0.438. The third-order valence-corrected chi connectivity index (χ3v) is 5.87. The van der Waals surface area contributed by atoms with Gasteiger partial charge in [0.05, 0.1) is 22.5 Å². The quantitative estimate of drug-likeness (QED) is 0.722. The molecule has 0 spiro atoms. The Kier molecular flexibility index (Phi) is 2.77. The fourth-order valence-electron chi connectivity index (χ4n) is 4.31. The van der Waals surface area contributed by atoms with Crippen molar-refractivity contribution in [3.05, 3.63) is 27.7 Å². The van der Waals surface area contributed by atoms with Crippen LogP contribution in [0.2, 0.25) is 5.02 Å². The minimum atomic E-state index is -0.0963. The number of halogens is 2. The van der Waals surface area contributed by atoms with Gasteiger partial charge in [-0.25, -0.2) is 4.90 Å². The predicted octanol–water partition coefficient (Wildman–Crippen LogP) is 3.64. The van der Waals surface area contributed by atoms with Crippen LogP contribution < -0.4 is 4.90 Å². The minimum Gasteiger partial charge on any atom is -0.274 e. The molecular weight excluding hydrogens is 342 g/mol. The van der Waals surface area contributed by atoms with Crippen molar-refractivity contribution in [2.45, 2.75) is 19.3 Å². The van der Waals surface area contributed by atoms with Crippen LogP contribution in [0.25, 0.3) is 0 Å². The summed E-state index contributed by atoms with van der Waals surface area (Å²) in [7, 11) is 0. The Morgan fingerprint density at radius 3 is 2.25 bits per heavy atom. The molecule has 1 aliphatic heterocycles. The maximum Gasteiger partial charge on any atom is 0.238 e. The van der Waals surface area contributed by atoms with E-state index in [2.05, 4.69) is 15.9 Å². The zero-order chi connectivity index (χ0) is 14.0. The molecule has 0 N–H and O–H groups in total. The van der Waals surface area contributed by atoms with Crippen LogP contribution in [0.5, 0.6) is 0 Å². The minimum absolute atomic E-state index is 0.0450. The lowest BCUT2D eigenvalue weighted by molar-refractivity contribution is -0.123. The number of amides is 2. The molecule has 1 heterocycles. The van der Waals surface area contributed by atoms with Gasteiger partial charge in [-0.3, -0.25) is 9.59 Å². The number of carbonyl (C=O) groups excluding carboxylic acids is 2. The number of hydrogen-bond acceptors (Lipinski definition) is 2. The number of hydrogen-bond donors (Lipinski definition) is 0. The van der Waals surface area contributed by atoms with Gasteiger partial charge in [0, 0.05) is 4.47 Å². The van der Waals surface area contributed by atoms with Gasteiger partial charge in [-0.1, -0.05) is 27.5 Å². The second kappa shape index (κ2) is 4.31. The summed E-state index contributed by atoms with van der Waals surface area (Å²) in [4.78, 5) is 26.6. The van der Waals surface area contributed by atoms with Crippen LogP contribution in [0, 0.1) is 23.7 Å². The van der Waals surface area contributed by atoms with Crippen molar-refractivity contribution in [1.29, 1.82) is 0 Å². The standard InChI is InChI=1S/C15H13BrClNO2/c16-9-3-4-11(10(17)6-9)18-14(19)12-7-1-2-8(5-7)13(12)15(18)20/h3-4,6-8,12-13H,1-2,5H2/t7-,8+,12-,13+. The largest absolute Gasteiger partial charge is 0.274 e. The van der Waals surface area contributed by atoms with Crippen molar-refractivity contribution in [2.75, 3.05) is 4.90 Å². The highest BCUT2D eigenvalue weighted by atomic mass is 79.9. The van der Waals surface area contributed by atoms with E-state index in [0.717, 1.165) is 23.7 Å². The van der Waals surface area contributed by atoms with Gasteiger partial charge in [-0.05, 0) is 49.3 Å². The molecule has 3 fully saturated rings. The molecule has 5 heteroatoms. The van der Waals surface area contributed by atoms with Crippen molar-refractivity contribution in [2.24, 2.45) is 23.7 Å². The van der Waals surface area contributed by atoms with Crippen molar-refractivity contribution in [3.8, 4) is 0 Å². The normalized spacial score (nSPS) is 35.0. The molecule has 4 rings (SSSR count). The summed E-state index contributed by atoms with van der Waals surface area (Å²) in [5.41, 5.74) is 0.527. The number of fused-ring (bicyclic) bond motifs is 5. The second-order valence-corrected chi connectivity index (χ2v) is 7.32. The Morgan fingerprint density at radius 1 is 1.10 bits per heavy atom. The van der Waals surface area contributed by atoms with E-state index in [4.69, 9.17) is 11.6 Å². The predicted molar refractivity (Wildman–Crippen MR) is 79.5 cm³/mol. The van der Waals surface area contributed by atoms with Crippen LogP contribution in [0.15, 0.2) is 22.7 Å². The zero-order valence-electron chi connectivity index (χ0n) is 10.7. The second-order valence-electron chi connectivity index (χ2n) is 5.99. The molecule has 2 saturated carbocycles. The average Bonchev–Trinajstić information content (AvgIpc) is 3.06. The van der Waals surface area contributed by atoms with Gasteiger partial charge in [0.2, 0.25) is 11.8 Å². The lowest BCUT2D eigenvalue weighted by Gasteiger charge is -2.19. The van der Waals surface area contributed by atoms with Crippen molar-refractivity contribution in [3.63, 3.8) is 0 Å². The van der Waals surface area contributed by atoms with Crippen LogP contribution in [0.3, 0.4) is 0 Å². The molecule has 1 aromatic carbocycles. The zero-order valence-corrected chi connectivity index (χ0v) is 13.0. The SMILES string of the molecule is O=C1[C@@H]2[C@@H]3CC[C@@H](C3)[C@@H]2C(=O)N1c1ccc(Br)cc1Cl. The molecule has 2 amide bonds. The molecule has 2 bridgehead atoms. The number of rotatable bonds is 1. The molecule has 2 aliphatic carbocycles. The fraction of sp³-hybridized carbons (Fsp3) is 0.467. The molecule has 104 valence electrons.